The lowest BCUT2D eigenvalue weighted by Gasteiger charge is -2.31. The Morgan fingerprint density at radius 2 is 1.93 bits per heavy atom. The van der Waals surface area contributed by atoms with Gasteiger partial charge in [0.1, 0.15) is 6.61 Å². The van der Waals surface area contributed by atoms with Crippen LogP contribution in [0.2, 0.25) is 0 Å². The maximum absolute atomic E-state index is 11.3. The second-order valence-electron chi connectivity index (χ2n) is 4.28. The highest BCUT2D eigenvalue weighted by atomic mass is 16.5. The molecule has 4 nitrogen and oxygen atoms in total. The molecule has 0 aromatic heterocycles. The van der Waals surface area contributed by atoms with Gasteiger partial charge >= 0.3 is 5.97 Å². The summed E-state index contributed by atoms with van der Waals surface area (Å²) in [6, 6.07) is 0.289. The first-order chi connectivity index (χ1) is 7.11. The molecule has 0 saturated carbocycles. The smallest absolute Gasteiger partial charge is 0.308 e. The Balaban J connectivity index is 2.22. The lowest BCUT2D eigenvalue weighted by molar-refractivity contribution is -0.149. The van der Waals surface area contributed by atoms with Crippen LogP contribution < -0.4 is 0 Å². The minimum absolute atomic E-state index is 0.0399. The van der Waals surface area contributed by atoms with Crippen molar-refractivity contribution in [1.82, 2.24) is 4.90 Å². The van der Waals surface area contributed by atoms with Gasteiger partial charge in [-0.25, -0.2) is 0 Å². The zero-order valence-corrected chi connectivity index (χ0v) is 9.86. The van der Waals surface area contributed by atoms with Crippen LogP contribution in [0.4, 0.5) is 0 Å². The largest absolute Gasteiger partial charge is 0.464 e. The summed E-state index contributed by atoms with van der Waals surface area (Å²) in [7, 11) is 0. The Hall–Kier alpha value is -0.610. The van der Waals surface area contributed by atoms with E-state index in [9.17, 15) is 4.79 Å². The minimum Gasteiger partial charge on any atom is -0.464 e. The Kier molecular flexibility index (Phi) is 5.05. The fourth-order valence-electron chi connectivity index (χ4n) is 1.49. The number of hydrogen-bond acceptors (Lipinski definition) is 4. The molecule has 1 saturated heterocycles. The summed E-state index contributed by atoms with van der Waals surface area (Å²) in [6.07, 6.45) is 0. The fraction of sp³-hybridized carbons (Fsp3) is 0.909. The number of esters is 1. The monoisotopic (exact) mass is 215 g/mol. The highest BCUT2D eigenvalue weighted by molar-refractivity contribution is 5.71. The number of carbonyl (C=O) groups excluding carboxylic acids is 1. The number of rotatable bonds is 4. The fourth-order valence-corrected chi connectivity index (χ4v) is 1.49. The second-order valence-corrected chi connectivity index (χ2v) is 4.28. The molecule has 0 N–H and O–H groups in total. The predicted octanol–water partition coefficient (Wildman–Crippen LogP) is 0.906. The number of carbonyl (C=O) groups is 1. The van der Waals surface area contributed by atoms with Crippen LogP contribution in [0.3, 0.4) is 0 Å². The van der Waals surface area contributed by atoms with Gasteiger partial charge in [0.2, 0.25) is 0 Å². The number of ether oxygens (including phenoxy) is 2. The molecule has 0 aromatic carbocycles. The van der Waals surface area contributed by atoms with E-state index in [0.717, 1.165) is 26.3 Å². The molecule has 1 aliphatic heterocycles. The van der Waals surface area contributed by atoms with Crippen LogP contribution in [0.15, 0.2) is 0 Å². The summed E-state index contributed by atoms with van der Waals surface area (Å²) in [5.41, 5.74) is 0. The van der Waals surface area contributed by atoms with Crippen molar-refractivity contribution in [2.45, 2.75) is 26.8 Å². The molecule has 0 aromatic rings. The van der Waals surface area contributed by atoms with E-state index in [1.807, 2.05) is 13.8 Å². The maximum atomic E-state index is 11.3. The zero-order chi connectivity index (χ0) is 11.3. The Bertz CT molecular complexity index is 200. The molecule has 1 fully saturated rings. The molecule has 0 aliphatic carbocycles. The third-order valence-electron chi connectivity index (χ3n) is 2.61. The Morgan fingerprint density at radius 1 is 1.33 bits per heavy atom. The topological polar surface area (TPSA) is 38.8 Å². The van der Waals surface area contributed by atoms with E-state index >= 15 is 0 Å². The molecule has 0 bridgehead atoms. The average Bonchev–Trinajstić information content (AvgIpc) is 2.26. The van der Waals surface area contributed by atoms with Crippen LogP contribution in [-0.2, 0) is 14.3 Å². The van der Waals surface area contributed by atoms with Gasteiger partial charge in [-0.3, -0.25) is 9.69 Å². The first-order valence-corrected chi connectivity index (χ1v) is 5.59. The predicted molar refractivity (Wildman–Crippen MR) is 57.7 cm³/mol. The van der Waals surface area contributed by atoms with Crippen LogP contribution in [0.25, 0.3) is 0 Å². The molecule has 1 heterocycles. The summed E-state index contributed by atoms with van der Waals surface area (Å²) in [4.78, 5) is 13.6. The molecule has 4 heteroatoms. The van der Waals surface area contributed by atoms with E-state index in [-0.39, 0.29) is 17.9 Å². The quantitative estimate of drug-likeness (QED) is 0.653. The van der Waals surface area contributed by atoms with Gasteiger partial charge < -0.3 is 9.47 Å². The van der Waals surface area contributed by atoms with Gasteiger partial charge in [0.05, 0.1) is 19.1 Å². The van der Waals surface area contributed by atoms with Crippen molar-refractivity contribution in [3.8, 4) is 0 Å². The van der Waals surface area contributed by atoms with Crippen molar-refractivity contribution in [3.05, 3.63) is 0 Å². The normalized spacial score (nSPS) is 20.3. The van der Waals surface area contributed by atoms with Gasteiger partial charge in [-0.05, 0) is 6.92 Å². The maximum Gasteiger partial charge on any atom is 0.308 e. The van der Waals surface area contributed by atoms with Gasteiger partial charge in [0.15, 0.2) is 0 Å². The van der Waals surface area contributed by atoms with Gasteiger partial charge in [0, 0.05) is 19.1 Å². The van der Waals surface area contributed by atoms with E-state index in [1.54, 1.807) is 0 Å². The van der Waals surface area contributed by atoms with Crippen LogP contribution >= 0.6 is 0 Å². The number of nitrogens with zero attached hydrogens (tertiary/aromatic N) is 1. The van der Waals surface area contributed by atoms with Crippen molar-refractivity contribution in [2.24, 2.45) is 5.92 Å². The number of hydrogen-bond donors (Lipinski definition) is 0. The van der Waals surface area contributed by atoms with E-state index in [1.165, 1.54) is 0 Å². The highest BCUT2D eigenvalue weighted by Gasteiger charge is 2.18. The lowest BCUT2D eigenvalue weighted by atomic mass is 10.2. The molecule has 1 atom stereocenters. The summed E-state index contributed by atoms with van der Waals surface area (Å²) in [6.45, 7) is 9.69. The summed E-state index contributed by atoms with van der Waals surface area (Å²) >= 11 is 0. The SMILES string of the molecule is CC(C)C(=O)OCC(C)N1CCOCC1. The molecule has 0 amide bonds. The molecule has 0 radical (unpaired) electrons. The molecule has 1 aliphatic rings. The summed E-state index contributed by atoms with van der Waals surface area (Å²) in [5.74, 6) is -0.156. The van der Waals surface area contributed by atoms with Crippen molar-refractivity contribution in [2.75, 3.05) is 32.9 Å². The van der Waals surface area contributed by atoms with Crippen LogP contribution in [0, 0.1) is 5.92 Å². The molecule has 0 spiro atoms. The van der Waals surface area contributed by atoms with Crippen molar-refractivity contribution in [3.63, 3.8) is 0 Å². The molecule has 15 heavy (non-hydrogen) atoms. The standard InChI is InChI=1S/C11H21NO3/c1-9(2)11(13)15-8-10(3)12-4-6-14-7-5-12/h9-10H,4-8H2,1-3H3. The minimum atomic E-state index is -0.116. The van der Waals surface area contributed by atoms with Gasteiger partial charge in [-0.1, -0.05) is 13.8 Å². The van der Waals surface area contributed by atoms with Gasteiger partial charge in [-0.15, -0.1) is 0 Å². The summed E-state index contributed by atoms with van der Waals surface area (Å²) < 4.78 is 10.5. The Labute approximate surface area is 91.5 Å². The molecule has 1 rings (SSSR count). The highest BCUT2D eigenvalue weighted by Crippen LogP contribution is 2.05. The van der Waals surface area contributed by atoms with E-state index < -0.39 is 0 Å². The zero-order valence-electron chi connectivity index (χ0n) is 9.86. The molecule has 1 unspecified atom stereocenters. The molecular formula is C11H21NO3. The van der Waals surface area contributed by atoms with Crippen molar-refractivity contribution < 1.29 is 14.3 Å². The first-order valence-electron chi connectivity index (χ1n) is 5.59. The Morgan fingerprint density at radius 3 is 2.47 bits per heavy atom. The summed E-state index contributed by atoms with van der Waals surface area (Å²) in [5, 5.41) is 0. The third kappa shape index (κ3) is 4.18. The van der Waals surface area contributed by atoms with E-state index in [2.05, 4.69) is 11.8 Å². The van der Waals surface area contributed by atoms with Gasteiger partial charge in [-0.2, -0.15) is 0 Å². The third-order valence-corrected chi connectivity index (χ3v) is 2.61. The van der Waals surface area contributed by atoms with Crippen molar-refractivity contribution >= 4 is 5.97 Å². The molecular weight excluding hydrogens is 194 g/mol. The second kappa shape index (κ2) is 6.08. The van der Waals surface area contributed by atoms with Crippen molar-refractivity contribution in [1.29, 1.82) is 0 Å². The van der Waals surface area contributed by atoms with Crippen LogP contribution in [0.1, 0.15) is 20.8 Å². The van der Waals surface area contributed by atoms with E-state index in [4.69, 9.17) is 9.47 Å². The lowest BCUT2D eigenvalue weighted by Crippen LogP contribution is -2.44. The van der Waals surface area contributed by atoms with Crippen LogP contribution in [-0.4, -0.2) is 49.8 Å². The van der Waals surface area contributed by atoms with Crippen LogP contribution in [0.5, 0.6) is 0 Å². The molecule has 88 valence electrons. The first kappa shape index (κ1) is 12.5. The van der Waals surface area contributed by atoms with E-state index in [0.29, 0.717) is 6.61 Å². The number of morpholine rings is 1. The average molecular weight is 215 g/mol. The van der Waals surface area contributed by atoms with Gasteiger partial charge in [0.25, 0.3) is 0 Å².